The van der Waals surface area contributed by atoms with E-state index in [1.54, 1.807) is 7.05 Å². The van der Waals surface area contributed by atoms with Crippen molar-refractivity contribution in [3.05, 3.63) is 23.2 Å². The summed E-state index contributed by atoms with van der Waals surface area (Å²) in [6.07, 6.45) is 2.73. The van der Waals surface area contributed by atoms with Crippen LogP contribution in [0.2, 0.25) is 5.28 Å². The highest BCUT2D eigenvalue weighted by atomic mass is 35.5. The monoisotopic (exact) mass is 253 g/mol. The summed E-state index contributed by atoms with van der Waals surface area (Å²) in [5.41, 5.74) is 5.36. The van der Waals surface area contributed by atoms with E-state index in [0.29, 0.717) is 5.95 Å². The fourth-order valence-corrected chi connectivity index (χ4v) is 1.27. The van der Waals surface area contributed by atoms with E-state index in [-0.39, 0.29) is 16.8 Å². The second-order valence-corrected chi connectivity index (χ2v) is 3.35. The van der Waals surface area contributed by atoms with Gasteiger partial charge in [-0.2, -0.15) is 20.1 Å². The Morgan fingerprint density at radius 3 is 2.82 bits per heavy atom. The first-order valence-electron chi connectivity index (χ1n) is 4.54. The maximum atomic E-state index is 10.9. The average molecular weight is 254 g/mol. The molecule has 9 heteroatoms. The molecule has 2 rings (SSSR count). The average Bonchev–Trinajstić information content (AvgIpc) is 2.77. The van der Waals surface area contributed by atoms with E-state index in [9.17, 15) is 4.79 Å². The zero-order valence-corrected chi connectivity index (χ0v) is 9.51. The molecular formula is C8H8ClN7O. The van der Waals surface area contributed by atoms with Crippen LogP contribution in [0.25, 0.3) is 5.95 Å². The normalized spacial score (nSPS) is 10.2. The lowest BCUT2D eigenvalue weighted by Gasteiger charge is -2.02. The third kappa shape index (κ3) is 2.31. The Morgan fingerprint density at radius 1 is 1.47 bits per heavy atom. The molecule has 2 aromatic rings. The number of nitrogens with two attached hydrogens (primary N) is 1. The Morgan fingerprint density at radius 2 is 2.24 bits per heavy atom. The second kappa shape index (κ2) is 4.34. The first-order chi connectivity index (χ1) is 8.10. The van der Waals surface area contributed by atoms with Gasteiger partial charge in [-0.25, -0.2) is 4.68 Å². The smallest absolute Gasteiger partial charge is 0.256 e. The third-order valence-electron chi connectivity index (χ3n) is 1.89. The van der Waals surface area contributed by atoms with Gasteiger partial charge in [0.25, 0.3) is 11.9 Å². The molecule has 3 N–H and O–H groups in total. The fraction of sp³-hybridized carbons (Fsp3) is 0.125. The second-order valence-electron chi connectivity index (χ2n) is 3.02. The van der Waals surface area contributed by atoms with Crippen molar-refractivity contribution >= 4 is 23.5 Å². The van der Waals surface area contributed by atoms with Gasteiger partial charge >= 0.3 is 0 Å². The Kier molecular flexibility index (Phi) is 2.88. The SMILES string of the molecule is CNc1nc(Cl)nc(-n2cc(C(N)=O)cn2)n1. The van der Waals surface area contributed by atoms with Crippen molar-refractivity contribution in [2.75, 3.05) is 12.4 Å². The summed E-state index contributed by atoms with van der Waals surface area (Å²) in [6.45, 7) is 0. The molecule has 0 bridgehead atoms. The van der Waals surface area contributed by atoms with Crippen molar-refractivity contribution in [3.63, 3.8) is 0 Å². The Bertz CT molecular complexity index is 567. The molecular weight excluding hydrogens is 246 g/mol. The minimum atomic E-state index is -0.578. The van der Waals surface area contributed by atoms with Gasteiger partial charge in [0.2, 0.25) is 11.2 Å². The van der Waals surface area contributed by atoms with Crippen LogP contribution in [0.5, 0.6) is 0 Å². The van der Waals surface area contributed by atoms with Crippen LogP contribution in [0.1, 0.15) is 10.4 Å². The van der Waals surface area contributed by atoms with Gasteiger partial charge in [-0.3, -0.25) is 4.79 Å². The predicted octanol–water partition coefficient (Wildman–Crippen LogP) is -0.149. The van der Waals surface area contributed by atoms with Crippen LogP contribution < -0.4 is 11.1 Å². The molecule has 0 unspecified atom stereocenters. The first-order valence-corrected chi connectivity index (χ1v) is 4.92. The number of nitrogens with zero attached hydrogens (tertiary/aromatic N) is 5. The molecule has 0 aliphatic carbocycles. The molecule has 0 aliphatic heterocycles. The van der Waals surface area contributed by atoms with Gasteiger partial charge in [-0.15, -0.1) is 0 Å². The summed E-state index contributed by atoms with van der Waals surface area (Å²) in [6, 6.07) is 0. The Labute approximate surface area is 101 Å². The van der Waals surface area contributed by atoms with Crippen LogP contribution in [-0.2, 0) is 0 Å². The molecule has 0 aliphatic rings. The summed E-state index contributed by atoms with van der Waals surface area (Å²) >= 11 is 5.71. The summed E-state index contributed by atoms with van der Waals surface area (Å²) in [7, 11) is 1.65. The van der Waals surface area contributed by atoms with E-state index in [1.807, 2.05) is 0 Å². The molecule has 8 nitrogen and oxygen atoms in total. The highest BCUT2D eigenvalue weighted by Crippen LogP contribution is 2.09. The molecule has 0 saturated carbocycles. The number of rotatable bonds is 3. The number of nitrogens with one attached hydrogen (secondary N) is 1. The van der Waals surface area contributed by atoms with Gasteiger partial charge in [0.15, 0.2) is 0 Å². The molecule has 17 heavy (non-hydrogen) atoms. The number of hydrogen-bond acceptors (Lipinski definition) is 6. The van der Waals surface area contributed by atoms with Gasteiger partial charge in [0, 0.05) is 13.2 Å². The molecule has 0 radical (unpaired) electrons. The van der Waals surface area contributed by atoms with Crippen LogP contribution in [-0.4, -0.2) is 37.7 Å². The first kappa shape index (κ1) is 11.3. The summed E-state index contributed by atoms with van der Waals surface area (Å²) < 4.78 is 1.29. The van der Waals surface area contributed by atoms with Crippen LogP contribution in [0.4, 0.5) is 5.95 Å². The molecule has 88 valence electrons. The standard InChI is InChI=1S/C8H8ClN7O/c1-11-7-13-6(9)14-8(15-7)16-3-4(2-12-16)5(10)17/h2-3H,1H3,(H2,10,17)(H,11,13,14,15). The van der Waals surface area contributed by atoms with E-state index in [0.717, 1.165) is 0 Å². The molecule has 0 saturated heterocycles. The molecule has 1 amide bonds. The van der Waals surface area contributed by atoms with Gasteiger partial charge in [0.1, 0.15) is 0 Å². The van der Waals surface area contributed by atoms with E-state index in [4.69, 9.17) is 17.3 Å². The zero-order chi connectivity index (χ0) is 12.4. The van der Waals surface area contributed by atoms with Crippen molar-refractivity contribution in [1.82, 2.24) is 24.7 Å². The third-order valence-corrected chi connectivity index (χ3v) is 2.06. The molecule has 2 aromatic heterocycles. The number of aromatic nitrogens is 5. The van der Waals surface area contributed by atoms with E-state index in [2.05, 4.69) is 25.4 Å². The minimum absolute atomic E-state index is 0.0236. The maximum Gasteiger partial charge on any atom is 0.256 e. The number of carbonyl (C=O) groups is 1. The van der Waals surface area contributed by atoms with Crippen molar-refractivity contribution in [2.45, 2.75) is 0 Å². The van der Waals surface area contributed by atoms with Crippen molar-refractivity contribution < 1.29 is 4.79 Å². The Balaban J connectivity index is 2.44. The summed E-state index contributed by atoms with van der Waals surface area (Å²) in [5.74, 6) is -0.0804. The van der Waals surface area contributed by atoms with Crippen molar-refractivity contribution in [3.8, 4) is 5.95 Å². The minimum Gasteiger partial charge on any atom is -0.366 e. The largest absolute Gasteiger partial charge is 0.366 e. The number of carbonyl (C=O) groups excluding carboxylic acids is 1. The van der Waals surface area contributed by atoms with E-state index >= 15 is 0 Å². The highest BCUT2D eigenvalue weighted by Gasteiger charge is 2.09. The Hall–Kier alpha value is -2.22. The van der Waals surface area contributed by atoms with Crippen molar-refractivity contribution in [2.24, 2.45) is 5.73 Å². The highest BCUT2D eigenvalue weighted by molar-refractivity contribution is 6.28. The van der Waals surface area contributed by atoms with Crippen LogP contribution in [0, 0.1) is 0 Å². The molecule has 0 atom stereocenters. The fourth-order valence-electron chi connectivity index (χ4n) is 1.11. The molecule has 0 aromatic carbocycles. The lowest BCUT2D eigenvalue weighted by Crippen LogP contribution is -2.10. The lowest BCUT2D eigenvalue weighted by atomic mass is 10.4. The predicted molar refractivity (Wildman–Crippen MR) is 60.0 cm³/mol. The summed E-state index contributed by atoms with van der Waals surface area (Å²) in [4.78, 5) is 22.6. The number of anilines is 1. The van der Waals surface area contributed by atoms with Crippen LogP contribution in [0.3, 0.4) is 0 Å². The van der Waals surface area contributed by atoms with Gasteiger partial charge in [-0.05, 0) is 11.6 Å². The molecule has 0 spiro atoms. The number of primary amides is 1. The number of halogens is 1. The zero-order valence-electron chi connectivity index (χ0n) is 8.75. The van der Waals surface area contributed by atoms with Gasteiger partial charge < -0.3 is 11.1 Å². The maximum absolute atomic E-state index is 10.9. The van der Waals surface area contributed by atoms with E-state index < -0.39 is 5.91 Å². The van der Waals surface area contributed by atoms with Gasteiger partial charge in [0.05, 0.1) is 11.8 Å². The van der Waals surface area contributed by atoms with Gasteiger partial charge in [-0.1, -0.05) is 0 Å². The number of hydrogen-bond donors (Lipinski definition) is 2. The van der Waals surface area contributed by atoms with Crippen molar-refractivity contribution in [1.29, 1.82) is 0 Å². The topological polar surface area (TPSA) is 112 Å². The number of amides is 1. The van der Waals surface area contributed by atoms with E-state index in [1.165, 1.54) is 17.1 Å². The summed E-state index contributed by atoms with van der Waals surface area (Å²) in [5, 5.41) is 6.65. The molecule has 2 heterocycles. The van der Waals surface area contributed by atoms with Crippen LogP contribution in [0.15, 0.2) is 12.4 Å². The van der Waals surface area contributed by atoms with Crippen LogP contribution >= 0.6 is 11.6 Å². The quantitative estimate of drug-likeness (QED) is 0.787. The molecule has 0 fully saturated rings. The lowest BCUT2D eigenvalue weighted by molar-refractivity contribution is 0.100.